The molecule has 3 amide bonds. The van der Waals surface area contributed by atoms with Gasteiger partial charge >= 0.3 is 12.0 Å². The van der Waals surface area contributed by atoms with Crippen molar-refractivity contribution >= 4 is 17.9 Å². The van der Waals surface area contributed by atoms with Gasteiger partial charge in [0.1, 0.15) is 6.04 Å². The maximum absolute atomic E-state index is 11.7. The second-order valence-corrected chi connectivity index (χ2v) is 5.13. The van der Waals surface area contributed by atoms with Crippen LogP contribution in [0.1, 0.15) is 34.1 Å². The Labute approximate surface area is 113 Å². The monoisotopic (exact) mass is 273 g/mol. The van der Waals surface area contributed by atoms with Gasteiger partial charge < -0.3 is 20.6 Å². The number of hydrogen-bond donors (Lipinski definition) is 3. The van der Waals surface area contributed by atoms with E-state index >= 15 is 0 Å². The Hall–Kier alpha value is -1.79. The van der Waals surface area contributed by atoms with Crippen molar-refractivity contribution in [3.8, 4) is 0 Å². The second-order valence-electron chi connectivity index (χ2n) is 5.13. The Morgan fingerprint density at radius 2 is 1.84 bits per heavy atom. The molecule has 19 heavy (non-hydrogen) atoms. The summed E-state index contributed by atoms with van der Waals surface area (Å²) in [6.45, 7) is 7.17. The van der Waals surface area contributed by atoms with Gasteiger partial charge in [-0.3, -0.25) is 9.59 Å². The number of nitrogens with one attached hydrogen (secondary N) is 2. The normalized spacial score (nSPS) is 12.5. The van der Waals surface area contributed by atoms with E-state index in [9.17, 15) is 14.4 Å². The molecule has 0 fully saturated rings. The van der Waals surface area contributed by atoms with Crippen molar-refractivity contribution in [3.05, 3.63) is 0 Å². The third kappa shape index (κ3) is 6.64. The zero-order valence-electron chi connectivity index (χ0n) is 12.1. The molecule has 0 aliphatic rings. The third-order valence-corrected chi connectivity index (χ3v) is 2.61. The van der Waals surface area contributed by atoms with Gasteiger partial charge in [-0.15, -0.1) is 0 Å². The molecule has 110 valence electrons. The minimum absolute atomic E-state index is 0.197. The number of hydrogen-bond acceptors (Lipinski definition) is 3. The fraction of sp³-hybridized carbons (Fsp3) is 0.750. The van der Waals surface area contributed by atoms with Gasteiger partial charge in [0.15, 0.2) is 0 Å². The molecule has 7 heteroatoms. The zero-order chi connectivity index (χ0) is 15.2. The molecule has 3 N–H and O–H groups in total. The van der Waals surface area contributed by atoms with Gasteiger partial charge in [0, 0.05) is 19.1 Å². The predicted octanol–water partition coefficient (Wildman–Crippen LogP) is 0.406. The van der Waals surface area contributed by atoms with Crippen LogP contribution < -0.4 is 10.6 Å². The molecule has 1 atom stereocenters. The van der Waals surface area contributed by atoms with Crippen molar-refractivity contribution in [2.24, 2.45) is 0 Å². The average molecular weight is 273 g/mol. The van der Waals surface area contributed by atoms with E-state index in [1.165, 1.54) is 4.90 Å². The van der Waals surface area contributed by atoms with E-state index in [0.29, 0.717) is 6.54 Å². The highest BCUT2D eigenvalue weighted by atomic mass is 16.4. The van der Waals surface area contributed by atoms with Crippen LogP contribution in [0.4, 0.5) is 4.79 Å². The maximum atomic E-state index is 11.7. The standard InChI is InChI=1S/C12H23N3O4/c1-6-15(5)10(18)8(2)13-11(19)14-12(3,4)7-9(16)17/h8H,6-7H2,1-5H3,(H,16,17)(H2,13,14,19). The van der Waals surface area contributed by atoms with Gasteiger partial charge in [-0.05, 0) is 27.7 Å². The summed E-state index contributed by atoms with van der Waals surface area (Å²) in [7, 11) is 1.65. The first-order chi connectivity index (χ1) is 8.59. The summed E-state index contributed by atoms with van der Waals surface area (Å²) in [4.78, 5) is 35.5. The van der Waals surface area contributed by atoms with Gasteiger partial charge in [0.05, 0.1) is 6.42 Å². The first-order valence-electron chi connectivity index (χ1n) is 6.14. The molecular formula is C12H23N3O4. The van der Waals surface area contributed by atoms with Crippen molar-refractivity contribution in [2.75, 3.05) is 13.6 Å². The number of carbonyl (C=O) groups excluding carboxylic acids is 2. The molecule has 0 saturated carbocycles. The molecular weight excluding hydrogens is 250 g/mol. The fourth-order valence-electron chi connectivity index (χ4n) is 1.51. The Bertz CT molecular complexity index is 355. The third-order valence-electron chi connectivity index (χ3n) is 2.61. The van der Waals surface area contributed by atoms with Crippen LogP contribution in [0, 0.1) is 0 Å². The van der Waals surface area contributed by atoms with Crippen LogP contribution in [0.2, 0.25) is 0 Å². The molecule has 0 saturated heterocycles. The van der Waals surface area contributed by atoms with Crippen LogP contribution in [-0.2, 0) is 9.59 Å². The number of urea groups is 1. The highest BCUT2D eigenvalue weighted by molar-refractivity contribution is 5.87. The lowest BCUT2D eigenvalue weighted by Gasteiger charge is -2.26. The summed E-state index contributed by atoms with van der Waals surface area (Å²) in [5.41, 5.74) is -0.880. The van der Waals surface area contributed by atoms with Crippen LogP contribution >= 0.6 is 0 Å². The maximum Gasteiger partial charge on any atom is 0.315 e. The lowest BCUT2D eigenvalue weighted by atomic mass is 10.0. The fourth-order valence-corrected chi connectivity index (χ4v) is 1.51. The molecule has 1 unspecified atom stereocenters. The Morgan fingerprint density at radius 1 is 1.32 bits per heavy atom. The summed E-state index contributed by atoms with van der Waals surface area (Å²) in [6, 6.07) is -1.22. The number of carboxylic acid groups (broad SMARTS) is 1. The van der Waals surface area contributed by atoms with Gasteiger partial charge in [0.25, 0.3) is 0 Å². The first kappa shape index (κ1) is 17.2. The molecule has 0 spiro atoms. The number of aliphatic carboxylic acids is 1. The lowest BCUT2D eigenvalue weighted by molar-refractivity contribution is -0.138. The molecule has 0 heterocycles. The lowest BCUT2D eigenvalue weighted by Crippen LogP contribution is -2.54. The Kier molecular flexibility index (Phi) is 6.31. The summed E-state index contributed by atoms with van der Waals surface area (Å²) in [5, 5.41) is 13.7. The first-order valence-corrected chi connectivity index (χ1v) is 6.14. The average Bonchev–Trinajstić information content (AvgIpc) is 2.23. The molecule has 0 bridgehead atoms. The molecule has 0 aromatic carbocycles. The van der Waals surface area contributed by atoms with Crippen molar-refractivity contribution < 1.29 is 19.5 Å². The number of rotatable bonds is 6. The number of amides is 3. The highest BCUT2D eigenvalue weighted by Gasteiger charge is 2.25. The number of carbonyl (C=O) groups is 3. The largest absolute Gasteiger partial charge is 0.481 e. The second kappa shape index (κ2) is 6.96. The topological polar surface area (TPSA) is 98.7 Å². The van der Waals surface area contributed by atoms with Gasteiger partial charge in [-0.2, -0.15) is 0 Å². The van der Waals surface area contributed by atoms with Crippen LogP contribution in [0.3, 0.4) is 0 Å². The van der Waals surface area contributed by atoms with E-state index in [1.54, 1.807) is 27.8 Å². The Morgan fingerprint density at radius 3 is 2.26 bits per heavy atom. The van der Waals surface area contributed by atoms with Crippen molar-refractivity contribution in [3.63, 3.8) is 0 Å². The SMILES string of the molecule is CCN(C)C(=O)C(C)NC(=O)NC(C)(C)CC(=O)O. The molecule has 0 radical (unpaired) electrons. The minimum Gasteiger partial charge on any atom is -0.481 e. The van der Waals surface area contributed by atoms with Crippen LogP contribution in [0.25, 0.3) is 0 Å². The van der Waals surface area contributed by atoms with E-state index in [4.69, 9.17) is 5.11 Å². The zero-order valence-corrected chi connectivity index (χ0v) is 12.1. The van der Waals surface area contributed by atoms with Gasteiger partial charge in [-0.25, -0.2) is 4.79 Å². The van der Waals surface area contributed by atoms with Crippen LogP contribution in [-0.4, -0.2) is 53.1 Å². The van der Waals surface area contributed by atoms with Gasteiger partial charge in [0.2, 0.25) is 5.91 Å². The number of carboxylic acids is 1. The molecule has 7 nitrogen and oxygen atoms in total. The van der Waals surface area contributed by atoms with E-state index in [1.807, 2.05) is 6.92 Å². The molecule has 0 aromatic heterocycles. The quantitative estimate of drug-likeness (QED) is 0.652. The van der Waals surface area contributed by atoms with E-state index < -0.39 is 23.6 Å². The summed E-state index contributed by atoms with van der Waals surface area (Å²) in [5.74, 6) is -1.20. The summed E-state index contributed by atoms with van der Waals surface area (Å²) < 4.78 is 0. The molecule has 0 aliphatic carbocycles. The van der Waals surface area contributed by atoms with Crippen molar-refractivity contribution in [1.82, 2.24) is 15.5 Å². The number of likely N-dealkylation sites (N-methyl/N-ethyl adjacent to an activating group) is 1. The van der Waals surface area contributed by atoms with Crippen LogP contribution in [0.15, 0.2) is 0 Å². The molecule has 0 aromatic rings. The van der Waals surface area contributed by atoms with Crippen molar-refractivity contribution in [2.45, 2.75) is 45.7 Å². The summed E-state index contributed by atoms with van der Waals surface area (Å²) >= 11 is 0. The van der Waals surface area contributed by atoms with E-state index in [-0.39, 0.29) is 12.3 Å². The smallest absolute Gasteiger partial charge is 0.315 e. The Balaban J connectivity index is 4.39. The minimum atomic E-state index is -1.000. The predicted molar refractivity (Wildman–Crippen MR) is 70.8 cm³/mol. The van der Waals surface area contributed by atoms with Gasteiger partial charge in [-0.1, -0.05) is 0 Å². The van der Waals surface area contributed by atoms with Crippen LogP contribution in [0.5, 0.6) is 0 Å². The van der Waals surface area contributed by atoms with E-state index in [2.05, 4.69) is 10.6 Å². The molecule has 0 aliphatic heterocycles. The molecule has 0 rings (SSSR count). The summed E-state index contributed by atoms with van der Waals surface area (Å²) in [6.07, 6.45) is -0.197. The number of nitrogens with zero attached hydrogens (tertiary/aromatic N) is 1. The van der Waals surface area contributed by atoms with E-state index in [0.717, 1.165) is 0 Å². The van der Waals surface area contributed by atoms with Crippen molar-refractivity contribution in [1.29, 1.82) is 0 Å². The highest BCUT2D eigenvalue weighted by Crippen LogP contribution is 2.07.